The van der Waals surface area contributed by atoms with Crippen molar-refractivity contribution in [2.24, 2.45) is 0 Å². The number of carbonyl (C=O) groups is 1. The van der Waals surface area contributed by atoms with E-state index in [4.69, 9.17) is 0 Å². The average Bonchev–Trinajstić information content (AvgIpc) is 2.80. The Morgan fingerprint density at radius 3 is 3.00 bits per heavy atom. The highest BCUT2D eigenvalue weighted by atomic mass is 32.1. The average molecular weight is 286 g/mol. The molecule has 0 spiro atoms. The van der Waals surface area contributed by atoms with Crippen LogP contribution in [0.15, 0.2) is 29.8 Å². The van der Waals surface area contributed by atoms with Gasteiger partial charge >= 0.3 is 0 Å². The van der Waals surface area contributed by atoms with Crippen LogP contribution in [0, 0.1) is 6.92 Å². The Bertz CT molecular complexity index is 620. The smallest absolute Gasteiger partial charge is 0.165 e. The molecule has 1 aliphatic rings. The topological polar surface area (TPSA) is 33.2 Å². The highest BCUT2D eigenvalue weighted by molar-refractivity contribution is 7.09. The summed E-state index contributed by atoms with van der Waals surface area (Å²) in [7, 11) is 0. The molecule has 3 nitrogen and oxygen atoms in total. The van der Waals surface area contributed by atoms with Crippen LogP contribution in [-0.4, -0.2) is 23.9 Å². The van der Waals surface area contributed by atoms with Crippen LogP contribution in [0.5, 0.6) is 0 Å². The Morgan fingerprint density at radius 1 is 1.35 bits per heavy atom. The van der Waals surface area contributed by atoms with Gasteiger partial charge in [0, 0.05) is 42.1 Å². The first-order valence-electron chi connectivity index (χ1n) is 7.02. The van der Waals surface area contributed by atoms with Crippen molar-refractivity contribution in [3.63, 3.8) is 0 Å². The van der Waals surface area contributed by atoms with Gasteiger partial charge in [-0.1, -0.05) is 12.1 Å². The summed E-state index contributed by atoms with van der Waals surface area (Å²) in [6.45, 7) is 3.97. The molecule has 0 saturated carbocycles. The fraction of sp³-hybridized carbons (Fsp3) is 0.375. The number of hydrogen-bond acceptors (Lipinski definition) is 4. The van der Waals surface area contributed by atoms with Gasteiger partial charge in [-0.3, -0.25) is 4.79 Å². The Balaban J connectivity index is 1.81. The van der Waals surface area contributed by atoms with Crippen molar-refractivity contribution < 1.29 is 4.79 Å². The zero-order valence-corrected chi connectivity index (χ0v) is 12.4. The molecule has 104 valence electrons. The lowest BCUT2D eigenvalue weighted by molar-refractivity contribution is 0.0984. The first-order valence-corrected chi connectivity index (χ1v) is 7.90. The monoisotopic (exact) mass is 286 g/mol. The molecule has 0 unspecified atom stereocenters. The number of ketones is 1. The summed E-state index contributed by atoms with van der Waals surface area (Å²) in [6, 6.07) is 7.99. The third-order valence-corrected chi connectivity index (χ3v) is 4.83. The van der Waals surface area contributed by atoms with E-state index in [9.17, 15) is 4.79 Å². The lowest BCUT2D eigenvalue weighted by Gasteiger charge is -2.24. The number of aromatic nitrogens is 1. The summed E-state index contributed by atoms with van der Waals surface area (Å²) in [5, 5.41) is 0. The van der Waals surface area contributed by atoms with Gasteiger partial charge in [0.15, 0.2) is 5.78 Å². The Kier molecular flexibility index (Phi) is 3.83. The van der Waals surface area contributed by atoms with E-state index in [1.807, 2.05) is 23.7 Å². The molecular formula is C16H18N2OS. The lowest BCUT2D eigenvalue weighted by atomic mass is 10.1. The number of fused-ring (bicyclic) bond motifs is 1. The van der Waals surface area contributed by atoms with Crippen molar-refractivity contribution in [1.29, 1.82) is 0 Å². The van der Waals surface area contributed by atoms with Gasteiger partial charge < -0.3 is 4.90 Å². The molecule has 3 rings (SSSR count). The molecule has 0 N–H and O–H groups in total. The van der Waals surface area contributed by atoms with E-state index in [2.05, 4.69) is 22.9 Å². The molecule has 2 aromatic rings. The van der Waals surface area contributed by atoms with Crippen LogP contribution >= 0.6 is 11.3 Å². The largest absolute Gasteiger partial charge is 0.371 e. The van der Waals surface area contributed by atoms with E-state index in [1.54, 1.807) is 11.3 Å². The standard InChI is InChI=1S/C16H18N2OS/c1-12-16(20-11-17-12)8-10-18-9-4-7-15(19)13-5-2-3-6-14(13)18/h2-3,5-6,11H,4,7-10H2,1H3. The number of aryl methyl sites for hydroxylation is 1. The van der Waals surface area contributed by atoms with Gasteiger partial charge in [-0.15, -0.1) is 11.3 Å². The van der Waals surface area contributed by atoms with Crippen molar-refractivity contribution in [3.05, 3.63) is 45.9 Å². The number of rotatable bonds is 3. The maximum absolute atomic E-state index is 12.1. The second kappa shape index (κ2) is 5.75. The molecule has 1 aliphatic heterocycles. The summed E-state index contributed by atoms with van der Waals surface area (Å²) >= 11 is 1.72. The zero-order chi connectivity index (χ0) is 13.9. The van der Waals surface area contributed by atoms with Gasteiger partial charge in [-0.2, -0.15) is 0 Å². The van der Waals surface area contributed by atoms with Gasteiger partial charge in [0.2, 0.25) is 0 Å². The predicted octanol–water partition coefficient (Wildman–Crippen LogP) is 3.48. The minimum atomic E-state index is 0.275. The lowest BCUT2D eigenvalue weighted by Crippen LogP contribution is -2.26. The van der Waals surface area contributed by atoms with Crippen molar-refractivity contribution in [3.8, 4) is 0 Å². The highest BCUT2D eigenvalue weighted by Gasteiger charge is 2.20. The van der Waals surface area contributed by atoms with E-state index in [0.29, 0.717) is 6.42 Å². The molecule has 0 radical (unpaired) electrons. The van der Waals surface area contributed by atoms with E-state index < -0.39 is 0 Å². The molecule has 0 atom stereocenters. The van der Waals surface area contributed by atoms with Crippen LogP contribution in [0.3, 0.4) is 0 Å². The molecule has 4 heteroatoms. The SMILES string of the molecule is Cc1ncsc1CCN1CCCC(=O)c2ccccc21. The van der Waals surface area contributed by atoms with Crippen LogP contribution in [-0.2, 0) is 6.42 Å². The van der Waals surface area contributed by atoms with Gasteiger partial charge in [0.1, 0.15) is 0 Å². The molecule has 20 heavy (non-hydrogen) atoms. The van der Waals surface area contributed by atoms with E-state index >= 15 is 0 Å². The zero-order valence-electron chi connectivity index (χ0n) is 11.6. The quantitative estimate of drug-likeness (QED) is 0.866. The molecule has 1 aromatic heterocycles. The summed E-state index contributed by atoms with van der Waals surface area (Å²) in [6.07, 6.45) is 2.60. The van der Waals surface area contributed by atoms with Gasteiger partial charge in [-0.05, 0) is 25.5 Å². The third-order valence-electron chi connectivity index (χ3n) is 3.83. The number of anilines is 1. The Hall–Kier alpha value is -1.68. The number of nitrogens with zero attached hydrogens (tertiary/aromatic N) is 2. The molecule has 0 aliphatic carbocycles. The van der Waals surface area contributed by atoms with Gasteiger partial charge in [-0.25, -0.2) is 4.98 Å². The number of benzene rings is 1. The maximum Gasteiger partial charge on any atom is 0.165 e. The Morgan fingerprint density at radius 2 is 2.20 bits per heavy atom. The first kappa shape index (κ1) is 13.3. The molecule has 1 aromatic carbocycles. The molecule has 0 bridgehead atoms. The summed E-state index contributed by atoms with van der Waals surface area (Å²) < 4.78 is 0. The van der Waals surface area contributed by atoms with Crippen LogP contribution in [0.25, 0.3) is 0 Å². The van der Waals surface area contributed by atoms with Gasteiger partial charge in [0.05, 0.1) is 11.2 Å². The predicted molar refractivity (Wildman–Crippen MR) is 82.8 cm³/mol. The van der Waals surface area contributed by atoms with E-state index in [0.717, 1.165) is 42.9 Å². The number of thiazole rings is 1. The van der Waals surface area contributed by atoms with Crippen LogP contribution in [0.1, 0.15) is 33.8 Å². The van der Waals surface area contributed by atoms with Crippen molar-refractivity contribution in [2.75, 3.05) is 18.0 Å². The van der Waals surface area contributed by atoms with E-state index in [1.165, 1.54) is 4.88 Å². The van der Waals surface area contributed by atoms with Crippen LogP contribution in [0.4, 0.5) is 5.69 Å². The van der Waals surface area contributed by atoms with Crippen molar-refractivity contribution in [2.45, 2.75) is 26.2 Å². The molecule has 0 saturated heterocycles. The van der Waals surface area contributed by atoms with Crippen molar-refractivity contribution >= 4 is 22.8 Å². The first-order chi connectivity index (χ1) is 9.75. The van der Waals surface area contributed by atoms with Gasteiger partial charge in [0.25, 0.3) is 0 Å². The number of Topliss-reactive ketones (excluding diaryl/α,β-unsaturated/α-hetero) is 1. The number of carbonyl (C=O) groups excluding carboxylic acids is 1. The second-order valence-corrected chi connectivity index (χ2v) is 6.08. The fourth-order valence-electron chi connectivity index (χ4n) is 2.71. The van der Waals surface area contributed by atoms with E-state index in [-0.39, 0.29) is 5.78 Å². The number of hydrogen-bond donors (Lipinski definition) is 0. The maximum atomic E-state index is 12.1. The minimum absolute atomic E-state index is 0.275. The molecule has 2 heterocycles. The second-order valence-electron chi connectivity index (χ2n) is 5.14. The minimum Gasteiger partial charge on any atom is -0.371 e. The van der Waals surface area contributed by atoms with Crippen LogP contribution < -0.4 is 4.90 Å². The van der Waals surface area contributed by atoms with Crippen molar-refractivity contribution in [1.82, 2.24) is 4.98 Å². The fourth-order valence-corrected chi connectivity index (χ4v) is 3.48. The third kappa shape index (κ3) is 2.61. The molecule has 0 amide bonds. The summed E-state index contributed by atoms with van der Waals surface area (Å²) in [5.74, 6) is 0.275. The summed E-state index contributed by atoms with van der Waals surface area (Å²) in [5.41, 5.74) is 5.02. The Labute approximate surface area is 123 Å². The van der Waals surface area contributed by atoms with Crippen LogP contribution in [0.2, 0.25) is 0 Å². The molecule has 0 fully saturated rings. The normalized spacial score (nSPS) is 15.1. The summed E-state index contributed by atoms with van der Waals surface area (Å²) in [4.78, 5) is 20.1. The highest BCUT2D eigenvalue weighted by Crippen LogP contribution is 2.26. The number of para-hydroxylation sites is 1. The molecular weight excluding hydrogens is 268 g/mol.